The fourth-order valence-corrected chi connectivity index (χ4v) is 1.94. The van der Waals surface area contributed by atoms with Crippen LogP contribution in [0.2, 0.25) is 0 Å². The number of alkyl halides is 4. The van der Waals surface area contributed by atoms with Gasteiger partial charge in [0, 0.05) is 6.54 Å². The lowest BCUT2D eigenvalue weighted by Crippen LogP contribution is -2.52. The van der Waals surface area contributed by atoms with Gasteiger partial charge in [0.1, 0.15) is 0 Å². The van der Waals surface area contributed by atoms with Gasteiger partial charge in [0.2, 0.25) is 0 Å². The second kappa shape index (κ2) is 5.03. The molecule has 0 aromatic heterocycles. The average Bonchev–Trinajstić information content (AvgIpc) is 2.25. The van der Waals surface area contributed by atoms with Crippen molar-refractivity contribution in [3.05, 3.63) is 0 Å². The van der Waals surface area contributed by atoms with Crippen molar-refractivity contribution in [2.75, 3.05) is 12.4 Å². The smallest absolute Gasteiger partial charge is 0.325 e. The molecule has 7 heteroatoms. The molecule has 1 unspecified atom stereocenters. The summed E-state index contributed by atoms with van der Waals surface area (Å²) in [6.07, 6.45) is -3.56. The first-order valence-electron chi connectivity index (χ1n) is 4.84. The highest BCUT2D eigenvalue weighted by atomic mass is 35.5. The summed E-state index contributed by atoms with van der Waals surface area (Å²) in [5.41, 5.74) is 0. The predicted molar refractivity (Wildman–Crippen MR) is 51.1 cm³/mol. The normalized spacial score (nSPS) is 22.0. The number of rotatable bonds is 2. The maximum atomic E-state index is 12.2. The van der Waals surface area contributed by atoms with Gasteiger partial charge >= 0.3 is 12.1 Å². The Labute approximate surface area is 95.5 Å². The van der Waals surface area contributed by atoms with Gasteiger partial charge in [-0.3, -0.25) is 9.59 Å². The Bertz CT molecular complexity index is 293. The summed E-state index contributed by atoms with van der Waals surface area (Å²) < 4.78 is 36.7. The van der Waals surface area contributed by atoms with Gasteiger partial charge < -0.3 is 4.90 Å². The van der Waals surface area contributed by atoms with Crippen molar-refractivity contribution in [2.45, 2.75) is 31.5 Å². The molecule has 1 aliphatic heterocycles. The molecule has 0 saturated carbocycles. The van der Waals surface area contributed by atoms with Gasteiger partial charge in [-0.1, -0.05) is 0 Å². The zero-order valence-electron chi connectivity index (χ0n) is 8.39. The van der Waals surface area contributed by atoms with Crippen molar-refractivity contribution in [3.63, 3.8) is 0 Å². The Balaban J connectivity index is 2.82. The van der Waals surface area contributed by atoms with Crippen LogP contribution in [0, 0.1) is 0 Å². The molecule has 16 heavy (non-hydrogen) atoms. The number of hydrogen-bond acceptors (Lipinski definition) is 2. The van der Waals surface area contributed by atoms with E-state index >= 15 is 0 Å². The van der Waals surface area contributed by atoms with Crippen LogP contribution < -0.4 is 0 Å². The van der Waals surface area contributed by atoms with E-state index < -0.39 is 23.9 Å². The first-order chi connectivity index (χ1) is 7.38. The van der Waals surface area contributed by atoms with Crippen molar-refractivity contribution >= 4 is 23.3 Å². The minimum atomic E-state index is -4.93. The SMILES string of the molecule is O=C(CCl)C1CCCCN1C(=O)C(F)(F)F. The average molecular weight is 258 g/mol. The maximum Gasteiger partial charge on any atom is 0.471 e. The number of hydrogen-bond donors (Lipinski definition) is 0. The van der Waals surface area contributed by atoms with E-state index in [9.17, 15) is 22.8 Å². The van der Waals surface area contributed by atoms with E-state index in [0.717, 1.165) is 0 Å². The van der Waals surface area contributed by atoms with Crippen molar-refractivity contribution < 1.29 is 22.8 Å². The van der Waals surface area contributed by atoms with Crippen molar-refractivity contribution in [1.29, 1.82) is 0 Å². The third-order valence-electron chi connectivity index (χ3n) is 2.51. The molecule has 3 nitrogen and oxygen atoms in total. The molecule has 1 heterocycles. The number of ketones is 1. The van der Waals surface area contributed by atoms with Crippen LogP contribution in [0.5, 0.6) is 0 Å². The van der Waals surface area contributed by atoms with E-state index in [1.807, 2.05) is 0 Å². The number of piperidine rings is 1. The molecule has 92 valence electrons. The van der Waals surface area contributed by atoms with E-state index in [-0.39, 0.29) is 18.8 Å². The number of carbonyl (C=O) groups excluding carboxylic acids is 2. The van der Waals surface area contributed by atoms with E-state index in [1.54, 1.807) is 0 Å². The van der Waals surface area contributed by atoms with E-state index in [0.29, 0.717) is 17.7 Å². The summed E-state index contributed by atoms with van der Waals surface area (Å²) in [6.45, 7) is -0.0361. The molecule has 1 rings (SSSR count). The fourth-order valence-electron chi connectivity index (χ4n) is 1.76. The molecule has 0 N–H and O–H groups in total. The molecule has 1 amide bonds. The van der Waals surface area contributed by atoms with Gasteiger partial charge in [-0.05, 0) is 19.3 Å². The molecule has 0 aromatic carbocycles. The summed E-state index contributed by atoms with van der Waals surface area (Å²) in [6, 6.07) is -1.01. The van der Waals surface area contributed by atoms with E-state index in [4.69, 9.17) is 11.6 Å². The van der Waals surface area contributed by atoms with Crippen LogP contribution in [0.3, 0.4) is 0 Å². The Morgan fingerprint density at radius 2 is 1.94 bits per heavy atom. The van der Waals surface area contributed by atoms with Gasteiger partial charge in [0.15, 0.2) is 5.78 Å². The Morgan fingerprint density at radius 3 is 2.44 bits per heavy atom. The molecule has 0 radical (unpaired) electrons. The monoisotopic (exact) mass is 257 g/mol. The number of nitrogens with zero attached hydrogens (tertiary/aromatic N) is 1. The fraction of sp³-hybridized carbons (Fsp3) is 0.778. The largest absolute Gasteiger partial charge is 0.471 e. The highest BCUT2D eigenvalue weighted by molar-refractivity contribution is 6.28. The minimum Gasteiger partial charge on any atom is -0.325 e. The van der Waals surface area contributed by atoms with Crippen molar-refractivity contribution in [2.24, 2.45) is 0 Å². The van der Waals surface area contributed by atoms with Gasteiger partial charge in [-0.15, -0.1) is 11.6 Å². The van der Waals surface area contributed by atoms with Crippen molar-refractivity contribution in [3.8, 4) is 0 Å². The van der Waals surface area contributed by atoms with E-state index in [2.05, 4.69) is 0 Å². The first-order valence-corrected chi connectivity index (χ1v) is 5.38. The van der Waals surface area contributed by atoms with Crippen LogP contribution >= 0.6 is 11.6 Å². The van der Waals surface area contributed by atoms with Gasteiger partial charge in [0.05, 0.1) is 11.9 Å². The molecule has 0 spiro atoms. The second-order valence-corrected chi connectivity index (χ2v) is 3.88. The minimum absolute atomic E-state index is 0.0361. The van der Waals surface area contributed by atoms with Crippen LogP contribution in [0.4, 0.5) is 13.2 Å². The second-order valence-electron chi connectivity index (χ2n) is 3.61. The molecule has 0 aromatic rings. The van der Waals surface area contributed by atoms with Crippen LogP contribution in [-0.2, 0) is 9.59 Å². The molecule has 1 saturated heterocycles. The van der Waals surface area contributed by atoms with Gasteiger partial charge in [-0.25, -0.2) is 0 Å². The summed E-state index contributed by atoms with van der Waals surface area (Å²) >= 11 is 5.30. The Kier molecular flexibility index (Phi) is 4.18. The van der Waals surface area contributed by atoms with Gasteiger partial charge in [0.25, 0.3) is 0 Å². The number of amides is 1. The summed E-state index contributed by atoms with van der Waals surface area (Å²) in [4.78, 5) is 23.0. The lowest BCUT2D eigenvalue weighted by atomic mass is 9.99. The number of Topliss-reactive ketones (excluding diaryl/α,β-unsaturated/α-hetero) is 1. The summed E-state index contributed by atoms with van der Waals surface area (Å²) in [7, 11) is 0. The molecule has 0 aliphatic carbocycles. The molecular weight excluding hydrogens is 247 g/mol. The third kappa shape index (κ3) is 2.87. The predicted octanol–water partition coefficient (Wildman–Crippen LogP) is 1.74. The van der Waals surface area contributed by atoms with Crippen LogP contribution in [-0.4, -0.2) is 41.2 Å². The van der Waals surface area contributed by atoms with E-state index in [1.165, 1.54) is 0 Å². The van der Waals surface area contributed by atoms with Crippen LogP contribution in [0.1, 0.15) is 19.3 Å². The van der Waals surface area contributed by atoms with Crippen LogP contribution in [0.25, 0.3) is 0 Å². The summed E-state index contributed by atoms with van der Waals surface area (Å²) in [5.74, 6) is -2.85. The van der Waals surface area contributed by atoms with Gasteiger partial charge in [-0.2, -0.15) is 13.2 Å². The highest BCUT2D eigenvalue weighted by Gasteiger charge is 2.46. The third-order valence-corrected chi connectivity index (χ3v) is 2.77. The molecule has 1 aliphatic rings. The van der Waals surface area contributed by atoms with Crippen LogP contribution in [0.15, 0.2) is 0 Å². The Hall–Kier alpha value is -0.780. The first kappa shape index (κ1) is 13.3. The number of carbonyl (C=O) groups is 2. The summed E-state index contributed by atoms with van der Waals surface area (Å²) in [5, 5.41) is 0. The zero-order valence-corrected chi connectivity index (χ0v) is 9.14. The molecular formula is C9H11ClF3NO2. The number of halogens is 4. The standard InChI is InChI=1S/C9H11ClF3NO2/c10-5-7(15)6-3-1-2-4-14(6)8(16)9(11,12)13/h6H,1-5H2. The Morgan fingerprint density at radius 1 is 1.31 bits per heavy atom. The molecule has 0 bridgehead atoms. The topological polar surface area (TPSA) is 37.4 Å². The highest BCUT2D eigenvalue weighted by Crippen LogP contribution is 2.25. The van der Waals surface area contributed by atoms with Crippen molar-refractivity contribution in [1.82, 2.24) is 4.90 Å². The molecule has 1 fully saturated rings. The molecule has 1 atom stereocenters. The zero-order chi connectivity index (χ0) is 12.3. The number of likely N-dealkylation sites (tertiary alicyclic amines) is 1. The lowest BCUT2D eigenvalue weighted by Gasteiger charge is -2.34. The quantitative estimate of drug-likeness (QED) is 0.707. The lowest BCUT2D eigenvalue weighted by molar-refractivity contribution is -0.189. The maximum absolute atomic E-state index is 12.2.